The predicted octanol–water partition coefficient (Wildman–Crippen LogP) is -0.924. The zero-order chi connectivity index (χ0) is 18.2. The molecule has 2 rings (SSSR count). The minimum atomic E-state index is -0.789. The van der Waals surface area contributed by atoms with Crippen molar-refractivity contribution in [1.29, 1.82) is 0 Å². The average Bonchev–Trinajstić information content (AvgIpc) is 3.14. The molecule has 1 aliphatic heterocycles. The number of rotatable bonds is 8. The van der Waals surface area contributed by atoms with Gasteiger partial charge < -0.3 is 26.4 Å². The summed E-state index contributed by atoms with van der Waals surface area (Å²) in [5.41, 5.74) is 5.92. The first-order chi connectivity index (χ1) is 12.0. The number of carbonyl (C=O) groups excluding carboxylic acids is 3. The standard InChI is InChI=1S/C17H24N4O4/c1-25-12-6-4-11(5-7-12)9-14(16(23)20-10-15(18)22)21-17(24)13-3-2-8-19-13/h4-7,13-14,19H,2-3,8-10H2,1H3,(H2,18,22)(H,20,23)(H,21,24)/t13-,14-/m0/s1. The molecular weight excluding hydrogens is 324 g/mol. The molecule has 1 heterocycles. The summed E-state index contributed by atoms with van der Waals surface area (Å²) in [7, 11) is 1.57. The zero-order valence-corrected chi connectivity index (χ0v) is 14.2. The van der Waals surface area contributed by atoms with Crippen molar-refractivity contribution >= 4 is 17.7 Å². The molecule has 25 heavy (non-hydrogen) atoms. The Kier molecular flexibility index (Phi) is 6.76. The van der Waals surface area contributed by atoms with Gasteiger partial charge in [-0.1, -0.05) is 12.1 Å². The first-order valence-electron chi connectivity index (χ1n) is 8.22. The van der Waals surface area contributed by atoms with Gasteiger partial charge in [-0.2, -0.15) is 0 Å². The fraction of sp³-hybridized carbons (Fsp3) is 0.471. The molecule has 1 aromatic carbocycles. The molecule has 0 unspecified atom stereocenters. The minimum absolute atomic E-state index is 0.217. The molecular formula is C17H24N4O4. The third-order valence-corrected chi connectivity index (χ3v) is 4.05. The Bertz CT molecular complexity index is 612. The quantitative estimate of drug-likeness (QED) is 0.484. The molecule has 8 heteroatoms. The highest BCUT2D eigenvalue weighted by atomic mass is 16.5. The van der Waals surface area contributed by atoms with E-state index in [-0.39, 0.29) is 18.5 Å². The van der Waals surface area contributed by atoms with Gasteiger partial charge in [-0.15, -0.1) is 0 Å². The normalized spacial score (nSPS) is 17.6. The molecule has 0 radical (unpaired) electrons. The molecule has 1 saturated heterocycles. The van der Waals surface area contributed by atoms with Gasteiger partial charge in [0.25, 0.3) is 0 Å². The summed E-state index contributed by atoms with van der Waals surface area (Å²) < 4.78 is 5.11. The highest BCUT2D eigenvalue weighted by Crippen LogP contribution is 2.13. The van der Waals surface area contributed by atoms with Crippen LogP contribution in [0.5, 0.6) is 5.75 Å². The predicted molar refractivity (Wildman–Crippen MR) is 91.9 cm³/mol. The number of benzene rings is 1. The number of carbonyl (C=O) groups is 3. The lowest BCUT2D eigenvalue weighted by atomic mass is 10.0. The minimum Gasteiger partial charge on any atom is -0.497 e. The van der Waals surface area contributed by atoms with Crippen molar-refractivity contribution in [2.45, 2.75) is 31.3 Å². The zero-order valence-electron chi connectivity index (χ0n) is 14.2. The van der Waals surface area contributed by atoms with Crippen molar-refractivity contribution in [3.63, 3.8) is 0 Å². The van der Waals surface area contributed by atoms with E-state index in [0.29, 0.717) is 12.2 Å². The van der Waals surface area contributed by atoms with E-state index in [0.717, 1.165) is 24.9 Å². The molecule has 3 amide bonds. The van der Waals surface area contributed by atoms with Gasteiger partial charge in [-0.3, -0.25) is 14.4 Å². The Morgan fingerprint density at radius 1 is 1.32 bits per heavy atom. The number of nitrogens with two attached hydrogens (primary N) is 1. The Balaban J connectivity index is 2.04. The lowest BCUT2D eigenvalue weighted by Gasteiger charge is -2.20. The van der Waals surface area contributed by atoms with Crippen LogP contribution in [0.2, 0.25) is 0 Å². The lowest BCUT2D eigenvalue weighted by molar-refractivity contribution is -0.130. The van der Waals surface area contributed by atoms with Crippen molar-refractivity contribution in [3.8, 4) is 5.75 Å². The molecule has 5 N–H and O–H groups in total. The molecule has 8 nitrogen and oxygen atoms in total. The average molecular weight is 348 g/mol. The van der Waals surface area contributed by atoms with E-state index in [9.17, 15) is 14.4 Å². The Hall–Kier alpha value is -2.61. The van der Waals surface area contributed by atoms with Crippen molar-refractivity contribution in [2.24, 2.45) is 5.73 Å². The van der Waals surface area contributed by atoms with E-state index in [1.165, 1.54) is 0 Å². The van der Waals surface area contributed by atoms with E-state index in [2.05, 4.69) is 16.0 Å². The summed E-state index contributed by atoms with van der Waals surface area (Å²) in [6.07, 6.45) is 1.96. The topological polar surface area (TPSA) is 123 Å². The van der Waals surface area contributed by atoms with Crippen LogP contribution in [0.3, 0.4) is 0 Å². The van der Waals surface area contributed by atoms with Crippen molar-refractivity contribution in [3.05, 3.63) is 29.8 Å². The SMILES string of the molecule is COc1ccc(C[C@H](NC(=O)[C@@H]2CCCN2)C(=O)NCC(N)=O)cc1. The number of amides is 3. The van der Waals surface area contributed by atoms with Gasteiger partial charge in [0.15, 0.2) is 0 Å². The number of primary amides is 1. The monoisotopic (exact) mass is 348 g/mol. The van der Waals surface area contributed by atoms with Gasteiger partial charge in [-0.05, 0) is 37.1 Å². The van der Waals surface area contributed by atoms with E-state index in [4.69, 9.17) is 10.5 Å². The van der Waals surface area contributed by atoms with Crippen molar-refractivity contribution in [2.75, 3.05) is 20.2 Å². The smallest absolute Gasteiger partial charge is 0.243 e. The van der Waals surface area contributed by atoms with Crippen LogP contribution in [0.25, 0.3) is 0 Å². The summed E-state index contributed by atoms with van der Waals surface area (Å²) in [5.74, 6) is -0.593. The van der Waals surface area contributed by atoms with Gasteiger partial charge in [0.2, 0.25) is 17.7 Å². The molecule has 1 fully saturated rings. The van der Waals surface area contributed by atoms with Gasteiger partial charge in [0.1, 0.15) is 11.8 Å². The molecule has 136 valence electrons. The van der Waals surface area contributed by atoms with Crippen LogP contribution in [0.4, 0.5) is 0 Å². The Morgan fingerprint density at radius 3 is 2.60 bits per heavy atom. The van der Waals surface area contributed by atoms with Crippen LogP contribution < -0.4 is 26.4 Å². The van der Waals surface area contributed by atoms with E-state index in [1.54, 1.807) is 19.2 Å². The molecule has 1 aromatic rings. The van der Waals surface area contributed by atoms with E-state index < -0.39 is 17.9 Å². The van der Waals surface area contributed by atoms with Crippen molar-refractivity contribution < 1.29 is 19.1 Å². The molecule has 0 saturated carbocycles. The van der Waals surface area contributed by atoms with Crippen LogP contribution in [0, 0.1) is 0 Å². The van der Waals surface area contributed by atoms with Crippen molar-refractivity contribution in [1.82, 2.24) is 16.0 Å². The Labute approximate surface area is 146 Å². The second-order valence-corrected chi connectivity index (χ2v) is 5.95. The second-order valence-electron chi connectivity index (χ2n) is 5.95. The number of hydrogen-bond acceptors (Lipinski definition) is 5. The fourth-order valence-electron chi connectivity index (χ4n) is 2.68. The van der Waals surface area contributed by atoms with E-state index in [1.807, 2.05) is 12.1 Å². The third-order valence-electron chi connectivity index (χ3n) is 4.05. The number of methoxy groups -OCH3 is 1. The molecule has 0 spiro atoms. The second kappa shape index (κ2) is 9.03. The summed E-state index contributed by atoms with van der Waals surface area (Å²) in [5, 5.41) is 8.31. The first kappa shape index (κ1) is 18.7. The summed E-state index contributed by atoms with van der Waals surface area (Å²) in [4.78, 5) is 35.6. The maximum atomic E-state index is 12.3. The maximum absolute atomic E-state index is 12.3. The van der Waals surface area contributed by atoms with Gasteiger partial charge in [0.05, 0.1) is 19.7 Å². The van der Waals surface area contributed by atoms with Crippen LogP contribution in [0.1, 0.15) is 18.4 Å². The number of hydrogen-bond donors (Lipinski definition) is 4. The molecule has 0 aromatic heterocycles. The van der Waals surface area contributed by atoms with Crippen LogP contribution in [-0.2, 0) is 20.8 Å². The molecule has 2 atom stereocenters. The summed E-state index contributed by atoms with van der Waals surface area (Å²) in [6, 6.07) is 6.15. The first-order valence-corrected chi connectivity index (χ1v) is 8.22. The van der Waals surface area contributed by atoms with Crippen LogP contribution >= 0.6 is 0 Å². The summed E-state index contributed by atoms with van der Waals surface area (Å²) in [6.45, 7) is 0.518. The molecule has 1 aliphatic rings. The number of nitrogens with one attached hydrogen (secondary N) is 3. The molecule has 0 aliphatic carbocycles. The Morgan fingerprint density at radius 2 is 2.04 bits per heavy atom. The third kappa shape index (κ3) is 5.75. The maximum Gasteiger partial charge on any atom is 0.243 e. The highest BCUT2D eigenvalue weighted by molar-refractivity contribution is 5.91. The van der Waals surface area contributed by atoms with Gasteiger partial charge in [0, 0.05) is 6.42 Å². The largest absolute Gasteiger partial charge is 0.497 e. The van der Waals surface area contributed by atoms with Gasteiger partial charge in [-0.25, -0.2) is 0 Å². The highest BCUT2D eigenvalue weighted by Gasteiger charge is 2.27. The fourth-order valence-corrected chi connectivity index (χ4v) is 2.68. The van der Waals surface area contributed by atoms with Gasteiger partial charge >= 0.3 is 0 Å². The van der Waals surface area contributed by atoms with Crippen LogP contribution in [-0.4, -0.2) is 50.0 Å². The van der Waals surface area contributed by atoms with E-state index >= 15 is 0 Å². The van der Waals surface area contributed by atoms with Crippen LogP contribution in [0.15, 0.2) is 24.3 Å². The summed E-state index contributed by atoms with van der Waals surface area (Å²) >= 11 is 0. The number of ether oxygens (including phenoxy) is 1. The molecule has 0 bridgehead atoms. The lowest BCUT2D eigenvalue weighted by Crippen LogP contribution is -2.53.